The van der Waals surface area contributed by atoms with Crippen LogP contribution in [0.2, 0.25) is 0 Å². The lowest BCUT2D eigenvalue weighted by molar-refractivity contribution is -0.133. The molecule has 2 aliphatic rings. The van der Waals surface area contributed by atoms with E-state index in [0.717, 1.165) is 18.7 Å². The number of piperidine rings is 1. The Balaban J connectivity index is 1.65. The third-order valence-electron chi connectivity index (χ3n) is 4.96. The van der Waals surface area contributed by atoms with Crippen LogP contribution >= 0.6 is 11.8 Å². The van der Waals surface area contributed by atoms with Crippen LogP contribution < -0.4 is 10.6 Å². The average Bonchev–Trinajstić information content (AvgIpc) is 2.61. The number of nitrogens with two attached hydrogens (primary N) is 1. The Labute approximate surface area is 147 Å². The van der Waals surface area contributed by atoms with E-state index in [2.05, 4.69) is 30.0 Å². The highest BCUT2D eigenvalue weighted by Crippen LogP contribution is 2.39. The summed E-state index contributed by atoms with van der Waals surface area (Å²) in [5, 5.41) is 0.522. The lowest BCUT2D eigenvalue weighted by Crippen LogP contribution is -2.47. The number of primary amides is 1. The van der Waals surface area contributed by atoms with Crippen molar-refractivity contribution in [3.05, 3.63) is 24.3 Å². The van der Waals surface area contributed by atoms with Crippen molar-refractivity contribution in [1.82, 2.24) is 4.90 Å². The van der Waals surface area contributed by atoms with Crippen molar-refractivity contribution >= 4 is 29.3 Å². The van der Waals surface area contributed by atoms with Crippen LogP contribution in [0.15, 0.2) is 29.2 Å². The summed E-state index contributed by atoms with van der Waals surface area (Å²) in [6, 6.07) is 8.32. The summed E-state index contributed by atoms with van der Waals surface area (Å²) in [6.07, 6.45) is 2.46. The number of hydrogen-bond acceptors (Lipinski definition) is 4. The maximum absolute atomic E-state index is 12.7. The fourth-order valence-corrected chi connectivity index (χ4v) is 4.67. The summed E-state index contributed by atoms with van der Waals surface area (Å²) in [7, 11) is 0. The molecule has 1 aromatic carbocycles. The third-order valence-corrected chi connectivity index (χ3v) is 6.37. The van der Waals surface area contributed by atoms with Gasteiger partial charge in [-0.3, -0.25) is 9.59 Å². The Morgan fingerprint density at radius 3 is 2.62 bits per heavy atom. The Kier molecular flexibility index (Phi) is 5.33. The minimum Gasteiger partial charge on any atom is -0.369 e. The monoisotopic (exact) mass is 347 g/mol. The predicted molar refractivity (Wildman–Crippen MR) is 97.1 cm³/mol. The fraction of sp³-hybridized carbons (Fsp3) is 0.556. The number of anilines is 1. The standard InChI is InChI=1S/C18H25N3O2S/c1-2-14-11-21(15-5-3-4-6-16(15)24-14)12-17(22)20-9-7-13(8-10-20)18(19)23/h3-6,13-14H,2,7-12H2,1H3,(H2,19,23)/t14-/m0/s1. The SMILES string of the molecule is CC[C@H]1CN(CC(=O)N2CCC(C(N)=O)CC2)c2ccccc2S1. The van der Waals surface area contributed by atoms with Gasteiger partial charge in [-0.1, -0.05) is 19.1 Å². The molecule has 3 rings (SSSR count). The van der Waals surface area contributed by atoms with E-state index in [1.165, 1.54) is 4.90 Å². The maximum Gasteiger partial charge on any atom is 0.242 e. The van der Waals surface area contributed by atoms with E-state index in [9.17, 15) is 9.59 Å². The molecule has 0 spiro atoms. The van der Waals surface area contributed by atoms with Crippen LogP contribution in [0.25, 0.3) is 0 Å². The van der Waals surface area contributed by atoms with Crippen LogP contribution in [0.3, 0.4) is 0 Å². The molecule has 0 aromatic heterocycles. The van der Waals surface area contributed by atoms with E-state index in [1.54, 1.807) is 0 Å². The molecule has 1 fully saturated rings. The minimum absolute atomic E-state index is 0.0781. The molecule has 6 heteroatoms. The van der Waals surface area contributed by atoms with Crippen molar-refractivity contribution < 1.29 is 9.59 Å². The molecule has 0 radical (unpaired) electrons. The van der Waals surface area contributed by atoms with Crippen molar-refractivity contribution in [2.75, 3.05) is 31.1 Å². The lowest BCUT2D eigenvalue weighted by Gasteiger charge is -2.37. The molecular weight excluding hydrogens is 322 g/mol. The number of carbonyl (C=O) groups is 2. The summed E-state index contributed by atoms with van der Waals surface area (Å²) < 4.78 is 0. The van der Waals surface area contributed by atoms with E-state index in [1.807, 2.05) is 22.7 Å². The van der Waals surface area contributed by atoms with Crippen LogP contribution in [-0.4, -0.2) is 48.1 Å². The zero-order chi connectivity index (χ0) is 17.1. The Morgan fingerprint density at radius 1 is 1.25 bits per heavy atom. The van der Waals surface area contributed by atoms with Crippen LogP contribution in [0.1, 0.15) is 26.2 Å². The van der Waals surface area contributed by atoms with Crippen LogP contribution in [0.4, 0.5) is 5.69 Å². The van der Waals surface area contributed by atoms with Gasteiger partial charge in [-0.2, -0.15) is 0 Å². The molecule has 24 heavy (non-hydrogen) atoms. The molecule has 2 N–H and O–H groups in total. The number of hydrogen-bond donors (Lipinski definition) is 1. The van der Waals surface area contributed by atoms with Crippen LogP contribution in [-0.2, 0) is 9.59 Å². The highest BCUT2D eigenvalue weighted by Gasteiger charge is 2.29. The Morgan fingerprint density at radius 2 is 1.96 bits per heavy atom. The summed E-state index contributed by atoms with van der Waals surface area (Å²) in [5.41, 5.74) is 6.53. The van der Waals surface area contributed by atoms with Crippen molar-refractivity contribution in [2.24, 2.45) is 11.7 Å². The summed E-state index contributed by atoms with van der Waals surface area (Å²) in [5.74, 6) is -0.171. The molecule has 0 aliphatic carbocycles. The van der Waals surface area contributed by atoms with Crippen molar-refractivity contribution in [2.45, 2.75) is 36.3 Å². The van der Waals surface area contributed by atoms with Crippen molar-refractivity contribution in [3.63, 3.8) is 0 Å². The van der Waals surface area contributed by atoms with Crippen molar-refractivity contribution in [3.8, 4) is 0 Å². The van der Waals surface area contributed by atoms with Crippen LogP contribution in [0.5, 0.6) is 0 Å². The number of rotatable bonds is 4. The number of likely N-dealkylation sites (tertiary alicyclic amines) is 1. The zero-order valence-electron chi connectivity index (χ0n) is 14.1. The minimum atomic E-state index is -0.241. The molecule has 2 aliphatic heterocycles. The van der Waals surface area contributed by atoms with Crippen molar-refractivity contribution in [1.29, 1.82) is 0 Å². The zero-order valence-corrected chi connectivity index (χ0v) is 14.9. The number of benzene rings is 1. The van der Waals surface area contributed by atoms with Gasteiger partial charge in [0.15, 0.2) is 0 Å². The second-order valence-corrected chi connectivity index (χ2v) is 7.90. The van der Waals surface area contributed by atoms with E-state index < -0.39 is 0 Å². The lowest BCUT2D eigenvalue weighted by atomic mass is 9.96. The highest BCUT2D eigenvalue weighted by molar-refractivity contribution is 8.00. The molecule has 0 saturated carbocycles. The van der Waals surface area contributed by atoms with Gasteiger partial charge in [0.1, 0.15) is 0 Å². The van der Waals surface area contributed by atoms with E-state index in [-0.39, 0.29) is 17.7 Å². The molecule has 0 bridgehead atoms. The second-order valence-electron chi connectivity index (χ2n) is 6.55. The molecule has 1 saturated heterocycles. The van der Waals surface area contributed by atoms with Gasteiger partial charge in [0.25, 0.3) is 0 Å². The third kappa shape index (κ3) is 3.69. The topological polar surface area (TPSA) is 66.6 Å². The molecule has 0 unspecified atom stereocenters. The Bertz CT molecular complexity index is 614. The quantitative estimate of drug-likeness (QED) is 0.906. The van der Waals surface area contributed by atoms with E-state index in [0.29, 0.717) is 37.7 Å². The van der Waals surface area contributed by atoms with Gasteiger partial charge < -0.3 is 15.5 Å². The normalized spacial score (nSPS) is 21.5. The number of amides is 2. The summed E-state index contributed by atoms with van der Waals surface area (Å²) in [6.45, 7) is 4.78. The van der Waals surface area contributed by atoms with Gasteiger partial charge in [-0.25, -0.2) is 0 Å². The molecule has 1 atom stereocenters. The first-order valence-corrected chi connectivity index (χ1v) is 9.54. The fourth-order valence-electron chi connectivity index (χ4n) is 3.42. The van der Waals surface area contributed by atoms with E-state index in [4.69, 9.17) is 5.73 Å². The molecule has 130 valence electrons. The molecule has 1 aromatic rings. The van der Waals surface area contributed by atoms with Gasteiger partial charge in [0.05, 0.1) is 12.2 Å². The number of thioether (sulfide) groups is 1. The van der Waals surface area contributed by atoms with Crippen LogP contribution in [0, 0.1) is 5.92 Å². The molecule has 2 amide bonds. The largest absolute Gasteiger partial charge is 0.369 e. The predicted octanol–water partition coefficient (Wildman–Crippen LogP) is 2.10. The van der Waals surface area contributed by atoms with E-state index >= 15 is 0 Å². The highest BCUT2D eigenvalue weighted by atomic mass is 32.2. The van der Waals surface area contributed by atoms with Gasteiger partial charge in [0, 0.05) is 35.7 Å². The molecular formula is C18H25N3O2S. The molecule has 5 nitrogen and oxygen atoms in total. The second kappa shape index (κ2) is 7.47. The number of para-hydroxylation sites is 1. The summed E-state index contributed by atoms with van der Waals surface area (Å²) >= 11 is 1.91. The van der Waals surface area contributed by atoms with Gasteiger partial charge in [-0.15, -0.1) is 11.8 Å². The first-order chi connectivity index (χ1) is 11.6. The molecule has 2 heterocycles. The first-order valence-electron chi connectivity index (χ1n) is 8.66. The van der Waals surface area contributed by atoms with Gasteiger partial charge in [-0.05, 0) is 31.4 Å². The summed E-state index contributed by atoms with van der Waals surface area (Å²) in [4.78, 5) is 29.3. The number of carbonyl (C=O) groups excluding carboxylic acids is 2. The number of fused-ring (bicyclic) bond motifs is 1. The van der Waals surface area contributed by atoms with Gasteiger partial charge in [0.2, 0.25) is 11.8 Å². The Hall–Kier alpha value is -1.69. The number of nitrogens with zero attached hydrogens (tertiary/aromatic N) is 2. The first kappa shape index (κ1) is 17.1. The maximum atomic E-state index is 12.7. The average molecular weight is 347 g/mol. The smallest absolute Gasteiger partial charge is 0.242 e. The van der Waals surface area contributed by atoms with Gasteiger partial charge >= 0.3 is 0 Å².